The van der Waals surface area contributed by atoms with Crippen LogP contribution >= 0.6 is 23.7 Å². The molecular weight excluding hydrogens is 350 g/mol. The van der Waals surface area contributed by atoms with E-state index < -0.39 is 0 Å². The van der Waals surface area contributed by atoms with Gasteiger partial charge in [0.1, 0.15) is 0 Å². The maximum Gasteiger partial charge on any atom is 0.291 e. The number of likely N-dealkylation sites (N-methyl/N-ethyl adjacent to an activating group) is 1. The van der Waals surface area contributed by atoms with Crippen LogP contribution < -0.4 is 16.0 Å². The van der Waals surface area contributed by atoms with Gasteiger partial charge in [-0.25, -0.2) is 0 Å². The molecule has 6 nitrogen and oxygen atoms in total. The number of hydrogen-bond donors (Lipinski definition) is 3. The van der Waals surface area contributed by atoms with Gasteiger partial charge in [-0.05, 0) is 44.2 Å². The number of anilines is 1. The number of furan rings is 1. The van der Waals surface area contributed by atoms with E-state index in [1.54, 1.807) is 18.2 Å². The van der Waals surface area contributed by atoms with Crippen LogP contribution in [0.2, 0.25) is 0 Å². The predicted molar refractivity (Wildman–Crippen MR) is 98.4 cm³/mol. The van der Waals surface area contributed by atoms with Crippen LogP contribution in [0.15, 0.2) is 28.9 Å². The third-order valence-electron chi connectivity index (χ3n) is 3.23. The normalized spacial score (nSPS) is 11.5. The van der Waals surface area contributed by atoms with Crippen LogP contribution in [0.25, 0.3) is 0 Å². The predicted octanol–water partition coefficient (Wildman–Crippen LogP) is 3.05. The van der Waals surface area contributed by atoms with E-state index in [-0.39, 0.29) is 36.0 Å². The molecule has 0 aromatic carbocycles. The van der Waals surface area contributed by atoms with Gasteiger partial charge in [0.05, 0.1) is 16.1 Å². The number of thiophene rings is 1. The average molecular weight is 372 g/mol. The second kappa shape index (κ2) is 9.46. The molecule has 132 valence electrons. The Balaban J connectivity index is 0.00000288. The summed E-state index contributed by atoms with van der Waals surface area (Å²) in [7, 11) is 0. The lowest BCUT2D eigenvalue weighted by molar-refractivity contribution is 0.0952. The summed E-state index contributed by atoms with van der Waals surface area (Å²) >= 11 is 1.25. The number of halogens is 1. The fourth-order valence-electron chi connectivity index (χ4n) is 2.10. The van der Waals surface area contributed by atoms with Crippen LogP contribution in [0.5, 0.6) is 0 Å². The van der Waals surface area contributed by atoms with Crippen LogP contribution in [0.1, 0.15) is 39.6 Å². The minimum atomic E-state index is -0.330. The summed E-state index contributed by atoms with van der Waals surface area (Å²) < 4.78 is 5.05. The molecule has 0 aliphatic rings. The Kier molecular flexibility index (Phi) is 7.97. The third-order valence-corrected chi connectivity index (χ3v) is 4.38. The van der Waals surface area contributed by atoms with E-state index in [1.165, 1.54) is 17.6 Å². The lowest BCUT2D eigenvalue weighted by Gasteiger charge is -2.12. The molecule has 0 spiro atoms. The van der Waals surface area contributed by atoms with E-state index in [9.17, 15) is 9.59 Å². The molecule has 0 saturated carbocycles. The first-order valence-corrected chi connectivity index (χ1v) is 8.29. The second-order valence-corrected chi connectivity index (χ2v) is 6.28. The van der Waals surface area contributed by atoms with E-state index in [1.807, 2.05) is 20.8 Å². The first-order valence-electron chi connectivity index (χ1n) is 7.48. The van der Waals surface area contributed by atoms with Gasteiger partial charge in [0.2, 0.25) is 0 Å². The van der Waals surface area contributed by atoms with Gasteiger partial charge in [0.25, 0.3) is 11.8 Å². The maximum atomic E-state index is 12.2. The SMILES string of the molecule is CCN[C@H](C)CNC(=O)c1sc(NC(=O)c2ccco2)cc1C.Cl. The molecule has 0 unspecified atom stereocenters. The second-order valence-electron chi connectivity index (χ2n) is 5.22. The van der Waals surface area contributed by atoms with Crippen LogP contribution in [-0.2, 0) is 0 Å². The molecule has 0 aliphatic heterocycles. The number of carbonyl (C=O) groups excluding carboxylic acids is 2. The molecule has 0 aliphatic carbocycles. The summed E-state index contributed by atoms with van der Waals surface area (Å²) in [5.74, 6) is -0.221. The number of aryl methyl sites for hydroxylation is 1. The molecule has 0 radical (unpaired) electrons. The zero-order valence-electron chi connectivity index (χ0n) is 13.8. The molecule has 2 aromatic rings. The Hall–Kier alpha value is -1.83. The van der Waals surface area contributed by atoms with Gasteiger partial charge in [-0.1, -0.05) is 6.92 Å². The minimum absolute atomic E-state index is 0. The molecule has 2 rings (SSSR count). The van der Waals surface area contributed by atoms with Crippen molar-refractivity contribution >= 4 is 40.6 Å². The lowest BCUT2D eigenvalue weighted by Crippen LogP contribution is -2.38. The Morgan fingerprint density at radius 3 is 2.71 bits per heavy atom. The first-order chi connectivity index (χ1) is 11.0. The van der Waals surface area contributed by atoms with Crippen molar-refractivity contribution in [1.29, 1.82) is 0 Å². The maximum absolute atomic E-state index is 12.2. The molecule has 2 aromatic heterocycles. The van der Waals surface area contributed by atoms with Gasteiger partial charge in [-0.15, -0.1) is 23.7 Å². The third kappa shape index (κ3) is 5.36. The molecule has 24 heavy (non-hydrogen) atoms. The molecular formula is C16H22ClN3O3S. The summed E-state index contributed by atoms with van der Waals surface area (Å²) in [5, 5.41) is 9.49. The van der Waals surface area contributed by atoms with Gasteiger partial charge in [0.15, 0.2) is 5.76 Å². The molecule has 0 bridgehead atoms. The van der Waals surface area contributed by atoms with Crippen molar-refractivity contribution in [2.24, 2.45) is 0 Å². The highest BCUT2D eigenvalue weighted by atomic mass is 35.5. The zero-order valence-corrected chi connectivity index (χ0v) is 15.5. The Bertz CT molecular complexity index is 670. The average Bonchev–Trinajstić information content (AvgIpc) is 3.15. The van der Waals surface area contributed by atoms with Crippen molar-refractivity contribution < 1.29 is 14.0 Å². The van der Waals surface area contributed by atoms with E-state index in [0.717, 1.165) is 12.1 Å². The van der Waals surface area contributed by atoms with Gasteiger partial charge in [-0.2, -0.15) is 0 Å². The number of amides is 2. The standard InChI is InChI=1S/C16H21N3O3S.ClH/c1-4-17-11(3)9-18-16(21)14-10(2)8-13(23-14)19-15(20)12-6-5-7-22-12;/h5-8,11,17H,4,9H2,1-3H3,(H,18,21)(H,19,20);1H/t11-;/m1./s1. The Morgan fingerprint density at radius 1 is 1.33 bits per heavy atom. The highest BCUT2D eigenvalue weighted by Gasteiger charge is 2.16. The van der Waals surface area contributed by atoms with E-state index in [0.29, 0.717) is 16.4 Å². The van der Waals surface area contributed by atoms with Crippen LogP contribution in [0, 0.1) is 6.92 Å². The number of rotatable bonds is 7. The van der Waals surface area contributed by atoms with Crippen molar-refractivity contribution in [1.82, 2.24) is 10.6 Å². The first kappa shape index (κ1) is 20.2. The molecule has 2 amide bonds. The Morgan fingerprint density at radius 2 is 2.08 bits per heavy atom. The van der Waals surface area contributed by atoms with E-state index in [4.69, 9.17) is 4.42 Å². The van der Waals surface area contributed by atoms with Gasteiger partial charge >= 0.3 is 0 Å². The molecule has 1 atom stereocenters. The summed E-state index contributed by atoms with van der Waals surface area (Å²) in [6.45, 7) is 7.30. The fourth-order valence-corrected chi connectivity index (χ4v) is 3.08. The van der Waals surface area contributed by atoms with Gasteiger partial charge < -0.3 is 20.4 Å². The Labute approximate surface area is 151 Å². The topological polar surface area (TPSA) is 83.4 Å². The zero-order chi connectivity index (χ0) is 16.8. The monoisotopic (exact) mass is 371 g/mol. The van der Waals surface area contributed by atoms with Crippen LogP contribution in [-0.4, -0.2) is 30.9 Å². The van der Waals surface area contributed by atoms with Crippen molar-refractivity contribution in [2.75, 3.05) is 18.4 Å². The van der Waals surface area contributed by atoms with Crippen molar-refractivity contribution in [3.63, 3.8) is 0 Å². The lowest BCUT2D eigenvalue weighted by atomic mass is 10.2. The van der Waals surface area contributed by atoms with Gasteiger partial charge in [0, 0.05) is 12.6 Å². The highest BCUT2D eigenvalue weighted by molar-refractivity contribution is 7.18. The molecule has 0 fully saturated rings. The summed E-state index contributed by atoms with van der Waals surface area (Å²) in [6.07, 6.45) is 1.44. The summed E-state index contributed by atoms with van der Waals surface area (Å²) in [5.41, 5.74) is 0.832. The van der Waals surface area contributed by atoms with E-state index >= 15 is 0 Å². The number of hydrogen-bond acceptors (Lipinski definition) is 5. The summed E-state index contributed by atoms with van der Waals surface area (Å²) in [4.78, 5) is 24.8. The number of carbonyl (C=O) groups is 2. The summed E-state index contributed by atoms with van der Waals surface area (Å²) in [6, 6.07) is 5.24. The van der Waals surface area contributed by atoms with Crippen LogP contribution in [0.4, 0.5) is 5.00 Å². The smallest absolute Gasteiger partial charge is 0.291 e. The van der Waals surface area contributed by atoms with Crippen molar-refractivity contribution in [3.05, 3.63) is 40.7 Å². The quantitative estimate of drug-likeness (QED) is 0.698. The van der Waals surface area contributed by atoms with Crippen molar-refractivity contribution in [2.45, 2.75) is 26.8 Å². The largest absolute Gasteiger partial charge is 0.459 e. The number of nitrogens with one attached hydrogen (secondary N) is 3. The van der Waals surface area contributed by atoms with Gasteiger partial charge in [-0.3, -0.25) is 9.59 Å². The van der Waals surface area contributed by atoms with Crippen molar-refractivity contribution in [3.8, 4) is 0 Å². The van der Waals surface area contributed by atoms with E-state index in [2.05, 4.69) is 16.0 Å². The fraction of sp³-hybridized carbons (Fsp3) is 0.375. The highest BCUT2D eigenvalue weighted by Crippen LogP contribution is 2.27. The molecule has 2 heterocycles. The molecule has 3 N–H and O–H groups in total. The van der Waals surface area contributed by atoms with Crippen LogP contribution in [0.3, 0.4) is 0 Å². The minimum Gasteiger partial charge on any atom is -0.459 e. The molecule has 8 heteroatoms. The molecule has 0 saturated heterocycles.